The lowest BCUT2D eigenvalue weighted by Gasteiger charge is -2.24. The van der Waals surface area contributed by atoms with Gasteiger partial charge in [-0.3, -0.25) is 24.1 Å². The predicted octanol–water partition coefficient (Wildman–Crippen LogP) is 4.15. The SMILES string of the molecule is N#Cc1ccc(-c2ccc(OC(=O)[C@H]3CC[C@@H](CN4C(=O)c5ccccc5C4=O)[C@H]3C(=O)O)cc2)cc1. The monoisotopic (exact) mass is 494 g/mol. The molecule has 3 aromatic carbocycles. The lowest BCUT2D eigenvalue weighted by atomic mass is 9.89. The third-order valence-corrected chi connectivity index (χ3v) is 7.09. The molecule has 0 saturated heterocycles. The van der Waals surface area contributed by atoms with Crippen LogP contribution in [0.3, 0.4) is 0 Å². The maximum absolute atomic E-state index is 13.0. The van der Waals surface area contributed by atoms with E-state index in [0.29, 0.717) is 23.1 Å². The summed E-state index contributed by atoms with van der Waals surface area (Å²) in [6.07, 6.45) is 0.661. The number of carbonyl (C=O) groups excluding carboxylic acids is 3. The maximum Gasteiger partial charge on any atom is 0.315 e. The third-order valence-electron chi connectivity index (χ3n) is 7.09. The second-order valence-corrected chi connectivity index (χ2v) is 9.21. The fourth-order valence-electron chi connectivity index (χ4n) is 5.21. The zero-order chi connectivity index (χ0) is 26.1. The van der Waals surface area contributed by atoms with Gasteiger partial charge < -0.3 is 9.84 Å². The highest BCUT2D eigenvalue weighted by Crippen LogP contribution is 2.40. The van der Waals surface area contributed by atoms with Gasteiger partial charge in [0.2, 0.25) is 0 Å². The van der Waals surface area contributed by atoms with Crippen molar-refractivity contribution in [1.29, 1.82) is 5.26 Å². The molecule has 1 aliphatic carbocycles. The molecule has 1 saturated carbocycles. The van der Waals surface area contributed by atoms with Crippen LogP contribution >= 0.6 is 0 Å². The minimum Gasteiger partial charge on any atom is -0.481 e. The van der Waals surface area contributed by atoms with Crippen molar-refractivity contribution in [2.75, 3.05) is 6.54 Å². The second-order valence-electron chi connectivity index (χ2n) is 9.21. The van der Waals surface area contributed by atoms with Crippen LogP contribution in [0.2, 0.25) is 0 Å². The van der Waals surface area contributed by atoms with Crippen molar-refractivity contribution < 1.29 is 29.0 Å². The van der Waals surface area contributed by atoms with E-state index >= 15 is 0 Å². The Balaban J connectivity index is 1.26. The molecule has 1 aliphatic heterocycles. The average molecular weight is 495 g/mol. The Hall–Kier alpha value is -4.77. The number of carboxylic acid groups (broad SMARTS) is 1. The van der Waals surface area contributed by atoms with Crippen LogP contribution in [0.15, 0.2) is 72.8 Å². The summed E-state index contributed by atoms with van der Waals surface area (Å²) in [6.45, 7) is -0.0631. The molecule has 3 aromatic rings. The number of carbonyl (C=O) groups is 4. The van der Waals surface area contributed by atoms with E-state index in [1.54, 1.807) is 60.7 Å². The number of aliphatic carboxylic acids is 1. The molecular formula is C29H22N2O6. The van der Waals surface area contributed by atoms with Gasteiger partial charge in [-0.1, -0.05) is 36.4 Å². The molecule has 2 amide bonds. The molecule has 0 spiro atoms. The highest BCUT2D eigenvalue weighted by Gasteiger charge is 2.48. The van der Waals surface area contributed by atoms with Gasteiger partial charge in [0, 0.05) is 6.54 Å². The van der Waals surface area contributed by atoms with Crippen LogP contribution in [0, 0.1) is 29.1 Å². The molecule has 1 heterocycles. The first kappa shape index (κ1) is 23.9. The van der Waals surface area contributed by atoms with Crippen molar-refractivity contribution in [2.24, 2.45) is 17.8 Å². The Kier molecular flexibility index (Phi) is 6.28. The standard InChI is InChI=1S/C29H22N2O6/c30-15-17-5-7-18(8-6-17)19-9-12-21(13-10-19)37-29(36)24-14-11-20(25(24)28(34)35)16-31-26(32)22-3-1-2-4-23(22)27(31)33/h1-10,12-13,20,24-25H,11,14,16H2,(H,34,35)/t20-,24-,25+/m0/s1. The van der Waals surface area contributed by atoms with Crippen LogP contribution in [0.25, 0.3) is 11.1 Å². The number of benzene rings is 3. The molecule has 1 fully saturated rings. The Bertz CT molecular complexity index is 1400. The van der Waals surface area contributed by atoms with Crippen LogP contribution in [0.4, 0.5) is 0 Å². The number of nitrogens with zero attached hydrogens (tertiary/aromatic N) is 2. The highest BCUT2D eigenvalue weighted by atomic mass is 16.5. The Morgan fingerprint density at radius 1 is 0.892 bits per heavy atom. The lowest BCUT2D eigenvalue weighted by Crippen LogP contribution is -2.39. The molecule has 1 N–H and O–H groups in total. The molecule has 0 bridgehead atoms. The minimum atomic E-state index is -1.16. The van der Waals surface area contributed by atoms with E-state index in [1.165, 1.54) is 0 Å². The van der Waals surface area contributed by atoms with E-state index in [-0.39, 0.29) is 18.7 Å². The molecule has 5 rings (SSSR count). The van der Waals surface area contributed by atoms with Crippen molar-refractivity contribution in [2.45, 2.75) is 12.8 Å². The van der Waals surface area contributed by atoms with Gasteiger partial charge in [0.15, 0.2) is 0 Å². The van der Waals surface area contributed by atoms with Gasteiger partial charge in [0.25, 0.3) is 11.8 Å². The number of ether oxygens (including phenoxy) is 1. The first-order chi connectivity index (χ1) is 17.9. The molecule has 8 heteroatoms. The number of esters is 1. The summed E-state index contributed by atoms with van der Waals surface area (Å²) in [5.41, 5.74) is 2.93. The van der Waals surface area contributed by atoms with E-state index in [4.69, 9.17) is 10.00 Å². The summed E-state index contributed by atoms with van der Waals surface area (Å²) >= 11 is 0. The molecule has 2 aliphatic rings. The third kappa shape index (κ3) is 4.47. The average Bonchev–Trinajstić information content (AvgIpc) is 3.45. The van der Waals surface area contributed by atoms with Gasteiger partial charge in [-0.05, 0) is 66.3 Å². The fourth-order valence-corrected chi connectivity index (χ4v) is 5.21. The maximum atomic E-state index is 13.0. The lowest BCUT2D eigenvalue weighted by molar-refractivity contribution is -0.152. The number of imide groups is 1. The number of hydrogen-bond acceptors (Lipinski definition) is 6. The van der Waals surface area contributed by atoms with E-state index < -0.39 is 41.5 Å². The number of hydrogen-bond donors (Lipinski definition) is 1. The van der Waals surface area contributed by atoms with Gasteiger partial charge >= 0.3 is 11.9 Å². The van der Waals surface area contributed by atoms with Crippen LogP contribution in [0.1, 0.15) is 39.1 Å². The molecular weight excluding hydrogens is 472 g/mol. The molecule has 3 atom stereocenters. The van der Waals surface area contributed by atoms with Crippen molar-refractivity contribution in [3.05, 3.63) is 89.5 Å². The van der Waals surface area contributed by atoms with Crippen LogP contribution in [-0.2, 0) is 9.59 Å². The van der Waals surface area contributed by atoms with Gasteiger partial charge in [-0.15, -0.1) is 0 Å². The number of amides is 2. The van der Waals surface area contributed by atoms with Crippen molar-refractivity contribution in [3.63, 3.8) is 0 Å². The van der Waals surface area contributed by atoms with Crippen molar-refractivity contribution in [3.8, 4) is 22.9 Å². The Morgan fingerprint density at radius 2 is 1.46 bits per heavy atom. The molecule has 0 unspecified atom stereocenters. The fraction of sp³-hybridized carbons (Fsp3) is 0.207. The zero-order valence-corrected chi connectivity index (χ0v) is 19.7. The molecule has 0 aromatic heterocycles. The van der Waals surface area contributed by atoms with Gasteiger partial charge in [-0.25, -0.2) is 0 Å². The Labute approximate surface area is 212 Å². The minimum absolute atomic E-state index is 0.0631. The summed E-state index contributed by atoms with van der Waals surface area (Å²) in [4.78, 5) is 51.7. The summed E-state index contributed by atoms with van der Waals surface area (Å²) in [6, 6.07) is 22.5. The normalized spacial score (nSPS) is 20.4. The second kappa shape index (κ2) is 9.70. The van der Waals surface area contributed by atoms with Crippen molar-refractivity contribution >= 4 is 23.8 Å². The van der Waals surface area contributed by atoms with Gasteiger partial charge in [0.1, 0.15) is 5.75 Å². The summed E-state index contributed by atoms with van der Waals surface area (Å²) in [7, 11) is 0. The number of fused-ring (bicyclic) bond motifs is 1. The predicted molar refractivity (Wildman–Crippen MR) is 131 cm³/mol. The summed E-state index contributed by atoms with van der Waals surface area (Å²) < 4.78 is 5.52. The Morgan fingerprint density at radius 3 is 2.00 bits per heavy atom. The molecule has 0 radical (unpaired) electrons. The number of nitriles is 1. The van der Waals surface area contributed by atoms with Crippen LogP contribution < -0.4 is 4.74 Å². The topological polar surface area (TPSA) is 125 Å². The van der Waals surface area contributed by atoms with E-state index in [9.17, 15) is 24.3 Å². The van der Waals surface area contributed by atoms with Crippen LogP contribution in [0.5, 0.6) is 5.75 Å². The smallest absolute Gasteiger partial charge is 0.315 e. The number of carboxylic acids is 1. The van der Waals surface area contributed by atoms with Gasteiger partial charge in [-0.2, -0.15) is 5.26 Å². The van der Waals surface area contributed by atoms with Crippen LogP contribution in [-0.4, -0.2) is 40.3 Å². The summed E-state index contributed by atoms with van der Waals surface area (Å²) in [5.74, 6) is -4.94. The molecule has 37 heavy (non-hydrogen) atoms. The van der Waals surface area contributed by atoms with E-state index in [1.807, 2.05) is 12.1 Å². The van der Waals surface area contributed by atoms with E-state index in [0.717, 1.165) is 16.0 Å². The number of rotatable bonds is 6. The molecule has 8 nitrogen and oxygen atoms in total. The van der Waals surface area contributed by atoms with E-state index in [2.05, 4.69) is 6.07 Å². The summed E-state index contributed by atoms with van der Waals surface area (Å²) in [5, 5.41) is 18.9. The zero-order valence-electron chi connectivity index (χ0n) is 19.7. The quantitative estimate of drug-likeness (QED) is 0.310. The largest absolute Gasteiger partial charge is 0.481 e. The van der Waals surface area contributed by atoms with Gasteiger partial charge in [0.05, 0.1) is 34.6 Å². The molecule has 184 valence electrons. The van der Waals surface area contributed by atoms with Crippen molar-refractivity contribution in [1.82, 2.24) is 4.90 Å². The first-order valence-corrected chi connectivity index (χ1v) is 11.9. The first-order valence-electron chi connectivity index (χ1n) is 11.9. The highest BCUT2D eigenvalue weighted by molar-refractivity contribution is 6.21.